The summed E-state index contributed by atoms with van der Waals surface area (Å²) >= 11 is 0. The van der Waals surface area contributed by atoms with Crippen molar-refractivity contribution in [3.05, 3.63) is 0 Å². The van der Waals surface area contributed by atoms with Crippen molar-refractivity contribution < 1.29 is 23.4 Å². The van der Waals surface area contributed by atoms with Crippen LogP contribution >= 0.6 is 0 Å². The van der Waals surface area contributed by atoms with Gasteiger partial charge in [-0.2, -0.15) is 0 Å². The van der Waals surface area contributed by atoms with E-state index in [2.05, 4.69) is 4.72 Å². The minimum Gasteiger partial charge on any atom is -0.390 e. The van der Waals surface area contributed by atoms with E-state index in [0.717, 1.165) is 0 Å². The van der Waals surface area contributed by atoms with Crippen LogP contribution < -0.4 is 4.72 Å². The second-order valence-corrected chi connectivity index (χ2v) is 7.74. The SMILES string of the molecule is CC(C)(C)S(=O)(=O)NCC1OCCC(O)C1O. The molecule has 3 unspecified atom stereocenters. The summed E-state index contributed by atoms with van der Waals surface area (Å²) in [5.74, 6) is 0. The zero-order chi connectivity index (χ0) is 13.3. The number of ether oxygens (including phenoxy) is 1. The molecule has 1 fully saturated rings. The lowest BCUT2D eigenvalue weighted by Gasteiger charge is -2.32. The molecule has 0 aromatic heterocycles. The molecule has 0 aromatic carbocycles. The minimum absolute atomic E-state index is 0.0299. The van der Waals surface area contributed by atoms with E-state index in [9.17, 15) is 18.6 Å². The van der Waals surface area contributed by atoms with Crippen LogP contribution in [0.1, 0.15) is 27.2 Å². The van der Waals surface area contributed by atoms with Crippen LogP contribution in [0.4, 0.5) is 0 Å². The molecule has 0 spiro atoms. The van der Waals surface area contributed by atoms with Crippen molar-refractivity contribution in [1.29, 1.82) is 0 Å². The molecule has 3 N–H and O–H groups in total. The van der Waals surface area contributed by atoms with Gasteiger partial charge in [-0.3, -0.25) is 0 Å². The van der Waals surface area contributed by atoms with Crippen LogP contribution in [-0.2, 0) is 14.8 Å². The summed E-state index contributed by atoms with van der Waals surface area (Å²) in [7, 11) is -3.46. The van der Waals surface area contributed by atoms with Crippen LogP contribution in [-0.4, -0.2) is 54.8 Å². The summed E-state index contributed by atoms with van der Waals surface area (Å²) in [4.78, 5) is 0. The van der Waals surface area contributed by atoms with Gasteiger partial charge in [-0.15, -0.1) is 0 Å². The highest BCUT2D eigenvalue weighted by molar-refractivity contribution is 7.90. The number of nitrogens with one attached hydrogen (secondary N) is 1. The molecule has 1 rings (SSSR count). The van der Waals surface area contributed by atoms with Crippen molar-refractivity contribution in [1.82, 2.24) is 4.72 Å². The molecule has 0 radical (unpaired) electrons. The van der Waals surface area contributed by atoms with Crippen LogP contribution in [0.15, 0.2) is 0 Å². The van der Waals surface area contributed by atoms with Gasteiger partial charge in [0.15, 0.2) is 0 Å². The molecule has 17 heavy (non-hydrogen) atoms. The standard InChI is InChI=1S/C10H21NO5S/c1-10(2,3)17(14,15)11-6-8-9(13)7(12)4-5-16-8/h7-9,11-13H,4-6H2,1-3H3. The molecule has 7 heteroatoms. The van der Waals surface area contributed by atoms with E-state index in [1.165, 1.54) is 0 Å². The van der Waals surface area contributed by atoms with E-state index in [-0.39, 0.29) is 6.54 Å². The third-order valence-corrected chi connectivity index (χ3v) is 4.96. The van der Waals surface area contributed by atoms with Gasteiger partial charge in [0, 0.05) is 13.2 Å². The maximum absolute atomic E-state index is 11.8. The lowest BCUT2D eigenvalue weighted by atomic mass is 10.0. The zero-order valence-electron chi connectivity index (χ0n) is 10.4. The van der Waals surface area contributed by atoms with Gasteiger partial charge < -0.3 is 14.9 Å². The van der Waals surface area contributed by atoms with Crippen molar-refractivity contribution in [2.75, 3.05) is 13.2 Å². The van der Waals surface area contributed by atoms with E-state index in [4.69, 9.17) is 4.74 Å². The maximum atomic E-state index is 11.8. The van der Waals surface area contributed by atoms with Crippen molar-refractivity contribution in [3.63, 3.8) is 0 Å². The Morgan fingerprint density at radius 3 is 2.47 bits per heavy atom. The third kappa shape index (κ3) is 3.62. The fourth-order valence-corrected chi connectivity index (χ4v) is 2.26. The monoisotopic (exact) mass is 267 g/mol. The molecule has 3 atom stereocenters. The molecule has 1 aliphatic rings. The molecular weight excluding hydrogens is 246 g/mol. The first-order valence-electron chi connectivity index (χ1n) is 5.62. The second-order valence-electron chi connectivity index (χ2n) is 5.22. The van der Waals surface area contributed by atoms with Gasteiger partial charge in [0.2, 0.25) is 10.0 Å². The summed E-state index contributed by atoms with van der Waals surface area (Å²) in [6, 6.07) is 0. The molecular formula is C10H21NO5S. The lowest BCUT2D eigenvalue weighted by molar-refractivity contribution is -0.131. The summed E-state index contributed by atoms with van der Waals surface area (Å²) < 4.78 is 30.3. The van der Waals surface area contributed by atoms with Crippen LogP contribution in [0.5, 0.6) is 0 Å². The van der Waals surface area contributed by atoms with E-state index in [1.54, 1.807) is 20.8 Å². The molecule has 0 aromatic rings. The molecule has 6 nitrogen and oxygen atoms in total. The van der Waals surface area contributed by atoms with Crippen LogP contribution in [0, 0.1) is 0 Å². The molecule has 1 aliphatic heterocycles. The Bertz CT molecular complexity index is 348. The Balaban J connectivity index is 2.57. The maximum Gasteiger partial charge on any atom is 0.216 e. The van der Waals surface area contributed by atoms with Gasteiger partial charge in [-0.25, -0.2) is 13.1 Å². The minimum atomic E-state index is -3.46. The predicted octanol–water partition coefficient (Wildman–Crippen LogP) is -0.785. The van der Waals surface area contributed by atoms with Crippen LogP contribution in [0.2, 0.25) is 0 Å². The van der Waals surface area contributed by atoms with Crippen molar-refractivity contribution in [2.45, 2.75) is 50.3 Å². The number of sulfonamides is 1. The summed E-state index contributed by atoms with van der Waals surface area (Å²) in [5, 5.41) is 19.1. The molecule has 102 valence electrons. The third-order valence-electron chi connectivity index (χ3n) is 2.80. The van der Waals surface area contributed by atoms with Crippen LogP contribution in [0.25, 0.3) is 0 Å². The highest BCUT2D eigenvalue weighted by Gasteiger charge is 2.34. The second kappa shape index (κ2) is 5.19. The largest absolute Gasteiger partial charge is 0.390 e. The van der Waals surface area contributed by atoms with Crippen molar-refractivity contribution in [2.24, 2.45) is 0 Å². The quantitative estimate of drug-likeness (QED) is 0.623. The molecule has 0 bridgehead atoms. The van der Waals surface area contributed by atoms with Gasteiger partial charge in [-0.05, 0) is 27.2 Å². The summed E-state index contributed by atoms with van der Waals surface area (Å²) in [5.41, 5.74) is 0. The fourth-order valence-electron chi connectivity index (χ4n) is 1.45. The first kappa shape index (κ1) is 14.8. The highest BCUT2D eigenvalue weighted by Crippen LogP contribution is 2.16. The number of hydrogen-bond donors (Lipinski definition) is 3. The van der Waals surface area contributed by atoms with Crippen molar-refractivity contribution >= 4 is 10.0 Å². The number of hydrogen-bond acceptors (Lipinski definition) is 5. The van der Waals surface area contributed by atoms with E-state index >= 15 is 0 Å². The Hall–Kier alpha value is -0.210. The van der Waals surface area contributed by atoms with Crippen LogP contribution in [0.3, 0.4) is 0 Å². The average molecular weight is 267 g/mol. The Labute approximate surface area is 102 Å². The number of aliphatic hydroxyl groups is 2. The molecule has 0 saturated carbocycles. The lowest BCUT2D eigenvalue weighted by Crippen LogP contribution is -2.51. The van der Waals surface area contributed by atoms with Gasteiger partial charge in [0.25, 0.3) is 0 Å². The average Bonchev–Trinajstić information content (AvgIpc) is 2.18. The first-order valence-corrected chi connectivity index (χ1v) is 7.10. The Morgan fingerprint density at radius 1 is 1.35 bits per heavy atom. The van der Waals surface area contributed by atoms with E-state index < -0.39 is 33.1 Å². The first-order chi connectivity index (χ1) is 7.65. The molecule has 1 heterocycles. The highest BCUT2D eigenvalue weighted by atomic mass is 32.2. The van der Waals surface area contributed by atoms with Gasteiger partial charge >= 0.3 is 0 Å². The molecule has 1 saturated heterocycles. The number of rotatable bonds is 3. The summed E-state index contributed by atoms with van der Waals surface area (Å²) in [6.45, 7) is 5.05. The number of aliphatic hydroxyl groups excluding tert-OH is 2. The van der Waals surface area contributed by atoms with Gasteiger partial charge in [-0.1, -0.05) is 0 Å². The fraction of sp³-hybridized carbons (Fsp3) is 1.00. The predicted molar refractivity (Wildman–Crippen MR) is 63.0 cm³/mol. The van der Waals surface area contributed by atoms with E-state index in [0.29, 0.717) is 13.0 Å². The Morgan fingerprint density at radius 2 is 1.94 bits per heavy atom. The summed E-state index contributed by atoms with van der Waals surface area (Å²) in [6.07, 6.45) is -2.24. The van der Waals surface area contributed by atoms with Crippen molar-refractivity contribution in [3.8, 4) is 0 Å². The normalized spacial score (nSPS) is 31.5. The van der Waals surface area contributed by atoms with Gasteiger partial charge in [0.05, 0.1) is 17.0 Å². The topological polar surface area (TPSA) is 95.9 Å². The molecule has 0 amide bonds. The zero-order valence-corrected chi connectivity index (χ0v) is 11.2. The van der Waals surface area contributed by atoms with Gasteiger partial charge in [0.1, 0.15) is 6.10 Å². The van der Waals surface area contributed by atoms with E-state index in [1.807, 2.05) is 0 Å². The Kier molecular flexibility index (Phi) is 4.54. The smallest absolute Gasteiger partial charge is 0.216 e. The molecule has 0 aliphatic carbocycles.